The molecule has 0 aromatic heterocycles. The number of rotatable bonds is 2. The van der Waals surface area contributed by atoms with Gasteiger partial charge in [-0.15, -0.1) is 0 Å². The van der Waals surface area contributed by atoms with E-state index in [1.54, 1.807) is 0 Å². The smallest absolute Gasteiger partial charge is 0.302 e. The summed E-state index contributed by atoms with van der Waals surface area (Å²) in [6, 6.07) is 0. The molecule has 0 bridgehead atoms. The van der Waals surface area contributed by atoms with Gasteiger partial charge in [-0.1, -0.05) is 5.16 Å². The molecular formula is C8H11NO3. The van der Waals surface area contributed by atoms with Gasteiger partial charge in [0.05, 0.1) is 5.71 Å². The monoisotopic (exact) mass is 169 g/mol. The van der Waals surface area contributed by atoms with Crippen molar-refractivity contribution in [2.75, 3.05) is 6.61 Å². The Bertz CT molecular complexity index is 232. The summed E-state index contributed by atoms with van der Waals surface area (Å²) in [4.78, 5) is 15.4. The maximum absolute atomic E-state index is 10.4. The molecule has 0 saturated carbocycles. The quantitative estimate of drug-likeness (QED) is 0.576. The van der Waals surface area contributed by atoms with E-state index in [-0.39, 0.29) is 18.7 Å². The van der Waals surface area contributed by atoms with E-state index in [0.29, 0.717) is 0 Å². The van der Waals surface area contributed by atoms with Crippen LogP contribution in [0.25, 0.3) is 0 Å². The molecule has 0 aromatic rings. The SMILES string of the molecule is CC(=O)OCC1C=CC(C)=NO1. The second-order valence-electron chi connectivity index (χ2n) is 2.54. The van der Waals surface area contributed by atoms with Gasteiger partial charge in [0.2, 0.25) is 0 Å². The van der Waals surface area contributed by atoms with Gasteiger partial charge in [-0.25, -0.2) is 0 Å². The molecule has 0 fully saturated rings. The molecule has 0 amide bonds. The Labute approximate surface area is 70.8 Å². The highest BCUT2D eigenvalue weighted by Gasteiger charge is 2.10. The fourth-order valence-electron chi connectivity index (χ4n) is 0.748. The summed E-state index contributed by atoms with van der Waals surface area (Å²) < 4.78 is 4.73. The van der Waals surface area contributed by atoms with Gasteiger partial charge in [-0.05, 0) is 19.1 Å². The summed E-state index contributed by atoms with van der Waals surface area (Å²) in [7, 11) is 0. The third-order valence-corrected chi connectivity index (χ3v) is 1.34. The van der Waals surface area contributed by atoms with Crippen LogP contribution in [0.5, 0.6) is 0 Å². The molecule has 0 N–H and O–H groups in total. The van der Waals surface area contributed by atoms with Crippen molar-refractivity contribution in [2.24, 2.45) is 5.16 Å². The summed E-state index contributed by atoms with van der Waals surface area (Å²) in [6.07, 6.45) is 3.40. The molecule has 1 aliphatic heterocycles. The number of hydrogen-bond acceptors (Lipinski definition) is 4. The van der Waals surface area contributed by atoms with Crippen LogP contribution < -0.4 is 0 Å². The zero-order valence-corrected chi connectivity index (χ0v) is 7.11. The topological polar surface area (TPSA) is 47.9 Å². The second kappa shape index (κ2) is 3.90. The third kappa shape index (κ3) is 2.74. The number of nitrogens with zero attached hydrogens (tertiary/aromatic N) is 1. The molecule has 0 spiro atoms. The first kappa shape index (κ1) is 8.77. The van der Waals surface area contributed by atoms with Crippen LogP contribution in [0.1, 0.15) is 13.8 Å². The minimum Gasteiger partial charge on any atom is -0.461 e. The highest BCUT2D eigenvalue weighted by atomic mass is 16.7. The summed E-state index contributed by atoms with van der Waals surface area (Å²) in [6.45, 7) is 3.42. The Morgan fingerprint density at radius 1 is 1.83 bits per heavy atom. The van der Waals surface area contributed by atoms with Gasteiger partial charge in [0.25, 0.3) is 0 Å². The minimum absolute atomic E-state index is 0.225. The van der Waals surface area contributed by atoms with Crippen molar-refractivity contribution in [3.8, 4) is 0 Å². The molecule has 0 saturated heterocycles. The zero-order valence-electron chi connectivity index (χ0n) is 7.11. The Morgan fingerprint density at radius 2 is 2.58 bits per heavy atom. The number of carbonyl (C=O) groups is 1. The molecule has 4 nitrogen and oxygen atoms in total. The fraction of sp³-hybridized carbons (Fsp3) is 0.500. The van der Waals surface area contributed by atoms with E-state index in [1.165, 1.54) is 6.92 Å². The van der Waals surface area contributed by atoms with Crippen molar-refractivity contribution in [2.45, 2.75) is 20.0 Å². The van der Waals surface area contributed by atoms with Crippen LogP contribution in [0.4, 0.5) is 0 Å². The molecule has 0 radical (unpaired) electrons. The van der Waals surface area contributed by atoms with Gasteiger partial charge >= 0.3 is 5.97 Å². The fourth-order valence-corrected chi connectivity index (χ4v) is 0.748. The predicted octanol–water partition coefficient (Wildman–Crippen LogP) is 0.880. The highest BCUT2D eigenvalue weighted by molar-refractivity contribution is 5.92. The van der Waals surface area contributed by atoms with Crippen LogP contribution >= 0.6 is 0 Å². The Morgan fingerprint density at radius 3 is 3.08 bits per heavy atom. The number of esters is 1. The predicted molar refractivity (Wildman–Crippen MR) is 43.8 cm³/mol. The van der Waals surface area contributed by atoms with E-state index >= 15 is 0 Å². The minimum atomic E-state index is -0.307. The highest BCUT2D eigenvalue weighted by Crippen LogP contribution is 2.03. The zero-order chi connectivity index (χ0) is 8.97. The lowest BCUT2D eigenvalue weighted by atomic mass is 10.3. The molecule has 1 heterocycles. The van der Waals surface area contributed by atoms with E-state index in [9.17, 15) is 4.79 Å². The maximum Gasteiger partial charge on any atom is 0.302 e. The molecule has 1 unspecified atom stereocenters. The van der Waals surface area contributed by atoms with Gasteiger partial charge in [0.1, 0.15) is 6.61 Å². The Balaban J connectivity index is 2.29. The van der Waals surface area contributed by atoms with Crippen molar-refractivity contribution in [3.63, 3.8) is 0 Å². The van der Waals surface area contributed by atoms with Gasteiger partial charge in [-0.2, -0.15) is 0 Å². The molecule has 66 valence electrons. The van der Waals surface area contributed by atoms with Crippen LogP contribution in [0.3, 0.4) is 0 Å². The third-order valence-electron chi connectivity index (χ3n) is 1.34. The number of ether oxygens (including phenoxy) is 1. The molecule has 0 aliphatic carbocycles. The molecule has 12 heavy (non-hydrogen) atoms. The molecule has 1 rings (SSSR count). The number of oxime groups is 1. The second-order valence-corrected chi connectivity index (χ2v) is 2.54. The largest absolute Gasteiger partial charge is 0.461 e. The Hall–Kier alpha value is -1.32. The van der Waals surface area contributed by atoms with E-state index < -0.39 is 0 Å². The number of hydrogen-bond donors (Lipinski definition) is 0. The lowest BCUT2D eigenvalue weighted by Gasteiger charge is -2.13. The van der Waals surface area contributed by atoms with Crippen LogP contribution in [-0.4, -0.2) is 24.4 Å². The lowest BCUT2D eigenvalue weighted by Crippen LogP contribution is -2.20. The van der Waals surface area contributed by atoms with Gasteiger partial charge in [-0.3, -0.25) is 4.79 Å². The van der Waals surface area contributed by atoms with Crippen LogP contribution in [0.15, 0.2) is 17.3 Å². The maximum atomic E-state index is 10.4. The summed E-state index contributed by atoms with van der Waals surface area (Å²) in [5.74, 6) is -0.307. The normalized spacial score (nSPS) is 21.2. The van der Waals surface area contributed by atoms with Gasteiger partial charge in [0.15, 0.2) is 6.10 Å². The molecular weight excluding hydrogens is 158 g/mol. The van der Waals surface area contributed by atoms with Crippen LogP contribution in [0.2, 0.25) is 0 Å². The average molecular weight is 169 g/mol. The average Bonchev–Trinajstić information content (AvgIpc) is 2.03. The van der Waals surface area contributed by atoms with Crippen molar-refractivity contribution >= 4 is 11.7 Å². The van der Waals surface area contributed by atoms with Crippen molar-refractivity contribution < 1.29 is 14.4 Å². The van der Waals surface area contributed by atoms with Crippen molar-refractivity contribution in [1.29, 1.82) is 0 Å². The molecule has 0 aromatic carbocycles. The number of carbonyl (C=O) groups excluding carboxylic acids is 1. The van der Waals surface area contributed by atoms with Crippen molar-refractivity contribution in [3.05, 3.63) is 12.2 Å². The summed E-state index contributed by atoms with van der Waals surface area (Å²) in [5, 5.41) is 3.73. The molecule has 1 atom stereocenters. The molecule has 1 aliphatic rings. The lowest BCUT2D eigenvalue weighted by molar-refractivity contribution is -0.144. The van der Waals surface area contributed by atoms with Crippen molar-refractivity contribution in [1.82, 2.24) is 0 Å². The standard InChI is InChI=1S/C8H11NO3/c1-6-3-4-8(12-9-6)5-11-7(2)10/h3-4,8H,5H2,1-2H3. The van der Waals surface area contributed by atoms with E-state index in [0.717, 1.165) is 5.71 Å². The summed E-state index contributed by atoms with van der Waals surface area (Å²) >= 11 is 0. The summed E-state index contributed by atoms with van der Waals surface area (Å²) in [5.41, 5.74) is 0.814. The number of allylic oxidation sites excluding steroid dienone is 1. The first-order chi connectivity index (χ1) is 5.68. The molecule has 4 heteroatoms. The van der Waals surface area contributed by atoms with E-state index in [2.05, 4.69) is 5.16 Å². The van der Waals surface area contributed by atoms with E-state index in [1.807, 2.05) is 19.1 Å². The van der Waals surface area contributed by atoms with E-state index in [4.69, 9.17) is 9.57 Å². The first-order valence-corrected chi connectivity index (χ1v) is 3.70. The Kier molecular flexibility index (Phi) is 2.85. The van der Waals surface area contributed by atoms with Gasteiger partial charge in [0, 0.05) is 6.92 Å². The van der Waals surface area contributed by atoms with Crippen LogP contribution in [0, 0.1) is 0 Å². The van der Waals surface area contributed by atoms with Gasteiger partial charge < -0.3 is 9.57 Å². The van der Waals surface area contributed by atoms with Crippen LogP contribution in [-0.2, 0) is 14.4 Å². The first-order valence-electron chi connectivity index (χ1n) is 3.70.